The van der Waals surface area contributed by atoms with Crippen LogP contribution in [0.3, 0.4) is 0 Å². The fourth-order valence-electron chi connectivity index (χ4n) is 3.16. The minimum Gasteiger partial charge on any atom is -0.494 e. The summed E-state index contributed by atoms with van der Waals surface area (Å²) in [4.78, 5) is 2.49. The lowest BCUT2D eigenvalue weighted by Gasteiger charge is -2.19. The third-order valence-corrected chi connectivity index (χ3v) is 6.61. The van der Waals surface area contributed by atoms with Crippen LogP contribution in [0.25, 0.3) is 0 Å². The highest BCUT2D eigenvalue weighted by molar-refractivity contribution is 9.10. The van der Waals surface area contributed by atoms with E-state index < -0.39 is 10.0 Å². The first-order chi connectivity index (χ1) is 13.9. The summed E-state index contributed by atoms with van der Waals surface area (Å²) in [5, 5.41) is 0. The molecule has 29 heavy (non-hydrogen) atoms. The van der Waals surface area contributed by atoms with Crippen molar-refractivity contribution in [2.24, 2.45) is 4.40 Å². The summed E-state index contributed by atoms with van der Waals surface area (Å²) in [5.74, 6) is 0.541. The number of rotatable bonds is 10. The molecule has 0 radical (unpaired) electrons. The normalized spacial score (nSPS) is 14.7. The van der Waals surface area contributed by atoms with E-state index in [-0.39, 0.29) is 4.90 Å². The molecular weight excluding hydrogens is 456 g/mol. The highest BCUT2D eigenvalue weighted by Crippen LogP contribution is 2.32. The molecule has 156 valence electrons. The molecule has 0 amide bonds. The Labute approximate surface area is 180 Å². The molecule has 8 heteroatoms. The number of fused-ring (bicyclic) bond motifs is 1. The van der Waals surface area contributed by atoms with E-state index in [1.807, 2.05) is 24.3 Å². The molecule has 2 aromatic rings. The predicted octanol–water partition coefficient (Wildman–Crippen LogP) is 3.73. The van der Waals surface area contributed by atoms with E-state index in [0.29, 0.717) is 30.2 Å². The molecule has 3 rings (SSSR count). The predicted molar refractivity (Wildman–Crippen MR) is 118 cm³/mol. The number of halogens is 1. The summed E-state index contributed by atoms with van der Waals surface area (Å²) in [5.41, 5.74) is 1.84. The highest BCUT2D eigenvalue weighted by Gasteiger charge is 2.30. The third-order valence-electron chi connectivity index (χ3n) is 4.76. The summed E-state index contributed by atoms with van der Waals surface area (Å²) in [6, 6.07) is 12.6. The molecule has 1 aliphatic heterocycles. The van der Waals surface area contributed by atoms with Crippen molar-refractivity contribution >= 4 is 31.7 Å². The van der Waals surface area contributed by atoms with Gasteiger partial charge in [0, 0.05) is 41.9 Å². The molecule has 6 nitrogen and oxygen atoms in total. The lowest BCUT2D eigenvalue weighted by atomic mass is 10.0. The molecule has 1 aliphatic rings. The number of ether oxygens (including phenoxy) is 2. The van der Waals surface area contributed by atoms with Crippen LogP contribution >= 0.6 is 15.9 Å². The number of likely N-dealkylation sites (N-methyl/N-ethyl adjacent to an activating group) is 1. The van der Waals surface area contributed by atoms with Crippen LogP contribution in [0.2, 0.25) is 0 Å². The van der Waals surface area contributed by atoms with Crippen molar-refractivity contribution in [2.45, 2.75) is 18.2 Å². The Bertz CT molecular complexity index is 975. The number of nitrogens with zero attached hydrogens (tertiary/aromatic N) is 2. The van der Waals surface area contributed by atoms with Gasteiger partial charge in [0.25, 0.3) is 10.0 Å². The van der Waals surface area contributed by atoms with Gasteiger partial charge in [-0.05, 0) is 37.2 Å². The molecule has 0 unspecified atom stereocenters. The van der Waals surface area contributed by atoms with E-state index in [2.05, 4.69) is 32.2 Å². The molecule has 0 spiro atoms. The number of benzene rings is 2. The van der Waals surface area contributed by atoms with Gasteiger partial charge >= 0.3 is 0 Å². The molecule has 0 aromatic heterocycles. The Balaban J connectivity index is 1.66. The largest absolute Gasteiger partial charge is 0.494 e. The molecule has 1 heterocycles. The average Bonchev–Trinajstić information content (AvgIpc) is 2.98. The van der Waals surface area contributed by atoms with Crippen LogP contribution in [0.5, 0.6) is 5.75 Å². The van der Waals surface area contributed by atoms with Gasteiger partial charge in [-0.15, -0.1) is 0 Å². The van der Waals surface area contributed by atoms with E-state index in [4.69, 9.17) is 9.47 Å². The molecule has 0 atom stereocenters. The van der Waals surface area contributed by atoms with Gasteiger partial charge in [-0.25, -0.2) is 0 Å². The van der Waals surface area contributed by atoms with E-state index in [0.717, 1.165) is 36.1 Å². The molecule has 0 N–H and O–H groups in total. The van der Waals surface area contributed by atoms with Crippen molar-refractivity contribution in [2.75, 3.05) is 40.0 Å². The zero-order chi connectivity index (χ0) is 20.9. The number of hydrogen-bond donors (Lipinski definition) is 0. The summed E-state index contributed by atoms with van der Waals surface area (Å²) in [6.07, 6.45) is 0.849. The maximum Gasteiger partial charge on any atom is 0.283 e. The summed E-state index contributed by atoms with van der Waals surface area (Å²) >= 11 is 3.39. The first kappa shape index (κ1) is 22.0. The van der Waals surface area contributed by atoms with Crippen molar-refractivity contribution in [3.8, 4) is 5.75 Å². The van der Waals surface area contributed by atoms with E-state index >= 15 is 0 Å². The van der Waals surface area contributed by atoms with Crippen molar-refractivity contribution in [1.29, 1.82) is 0 Å². The van der Waals surface area contributed by atoms with Gasteiger partial charge in [-0.2, -0.15) is 12.8 Å². The van der Waals surface area contributed by atoms with Crippen molar-refractivity contribution < 1.29 is 17.9 Å². The van der Waals surface area contributed by atoms with Gasteiger partial charge in [-0.3, -0.25) is 0 Å². The average molecular weight is 481 g/mol. The highest BCUT2D eigenvalue weighted by atomic mass is 79.9. The smallest absolute Gasteiger partial charge is 0.283 e. The van der Waals surface area contributed by atoms with Crippen molar-refractivity contribution in [3.05, 3.63) is 58.1 Å². The van der Waals surface area contributed by atoms with Crippen LogP contribution in [-0.4, -0.2) is 59.0 Å². The monoisotopic (exact) mass is 480 g/mol. The maximum atomic E-state index is 12.5. The van der Waals surface area contributed by atoms with E-state index in [9.17, 15) is 8.42 Å². The molecule has 2 aromatic carbocycles. The molecular formula is C21H25BrN2O4S. The second-order valence-corrected chi connectivity index (χ2v) is 9.20. The number of methoxy groups -OCH3 is 1. The van der Waals surface area contributed by atoms with Crippen LogP contribution < -0.4 is 4.74 Å². The Morgan fingerprint density at radius 1 is 1.07 bits per heavy atom. The van der Waals surface area contributed by atoms with Crippen LogP contribution in [-0.2, 0) is 14.8 Å². The van der Waals surface area contributed by atoms with Crippen LogP contribution in [0.1, 0.15) is 24.5 Å². The third kappa shape index (κ3) is 5.45. The Morgan fingerprint density at radius 3 is 2.52 bits per heavy atom. The number of hydrogen-bond acceptors (Lipinski definition) is 5. The van der Waals surface area contributed by atoms with Gasteiger partial charge < -0.3 is 14.4 Å². The topological polar surface area (TPSA) is 68.2 Å². The second kappa shape index (κ2) is 9.84. The zero-order valence-electron chi connectivity index (χ0n) is 16.6. The van der Waals surface area contributed by atoms with Crippen LogP contribution in [0.4, 0.5) is 0 Å². The van der Waals surface area contributed by atoms with Gasteiger partial charge in [0.2, 0.25) is 0 Å². The van der Waals surface area contributed by atoms with Crippen molar-refractivity contribution in [3.63, 3.8) is 0 Å². The quantitative estimate of drug-likeness (QED) is 0.484. The number of sulfonamides is 1. The lowest BCUT2D eigenvalue weighted by Crippen LogP contribution is -2.29. The summed E-state index contributed by atoms with van der Waals surface area (Å²) < 4.78 is 40.9. The Hall–Kier alpha value is -1.74. The molecule has 0 fully saturated rings. The fraction of sp³-hybridized carbons (Fsp3) is 0.381. The summed E-state index contributed by atoms with van der Waals surface area (Å²) in [7, 11) is -2.02. The Morgan fingerprint density at radius 2 is 1.83 bits per heavy atom. The second-order valence-electron chi connectivity index (χ2n) is 6.71. The first-order valence-corrected chi connectivity index (χ1v) is 11.8. The van der Waals surface area contributed by atoms with Crippen LogP contribution in [0, 0.1) is 0 Å². The van der Waals surface area contributed by atoms with Gasteiger partial charge in [0.1, 0.15) is 10.6 Å². The van der Waals surface area contributed by atoms with Crippen LogP contribution in [0.15, 0.2) is 56.2 Å². The zero-order valence-corrected chi connectivity index (χ0v) is 19.0. The minimum atomic E-state index is -3.72. The van der Waals surface area contributed by atoms with Crippen molar-refractivity contribution in [1.82, 2.24) is 4.90 Å². The molecule has 0 saturated carbocycles. The maximum absolute atomic E-state index is 12.5. The molecule has 0 bridgehead atoms. The molecule has 0 saturated heterocycles. The van der Waals surface area contributed by atoms with Gasteiger partial charge in [-0.1, -0.05) is 35.0 Å². The van der Waals surface area contributed by atoms with E-state index in [1.54, 1.807) is 25.3 Å². The SMILES string of the molecule is CCN(CCCOc1ccc2c(c1)S(=O)(=O)N=C2c1ccc(Br)cc1)CCOC. The first-order valence-electron chi connectivity index (χ1n) is 9.54. The standard InChI is InChI=1S/C21H25BrN2O4S/c1-3-24(12-14-27-2)11-4-13-28-18-9-10-19-20(15-18)29(25,26)23-21(19)16-5-7-17(22)8-6-16/h5-10,15H,3-4,11-14H2,1-2H3. The lowest BCUT2D eigenvalue weighted by molar-refractivity contribution is 0.146. The van der Waals surface area contributed by atoms with Gasteiger partial charge in [0.15, 0.2) is 0 Å². The Kier molecular flexibility index (Phi) is 7.45. The fourth-order valence-corrected chi connectivity index (χ4v) is 4.68. The molecule has 0 aliphatic carbocycles. The minimum absolute atomic E-state index is 0.197. The van der Waals surface area contributed by atoms with E-state index in [1.165, 1.54) is 0 Å². The summed E-state index contributed by atoms with van der Waals surface area (Å²) in [6.45, 7) is 6.09. The van der Waals surface area contributed by atoms with Gasteiger partial charge in [0.05, 0.1) is 18.9 Å².